The standard InChI is InChI=1S/C13H13N3O3S/c1-19-10(17)7-9-11(14)20-13(15-9)16-12(18)8-5-3-2-4-6-8/h2-6H,7,14H2,1H3,(H,15,16,18). The summed E-state index contributed by atoms with van der Waals surface area (Å²) >= 11 is 1.12. The van der Waals surface area contributed by atoms with Crippen LogP contribution in [0.3, 0.4) is 0 Å². The first-order valence-corrected chi connectivity index (χ1v) is 6.60. The third-order valence-corrected chi connectivity index (χ3v) is 3.37. The first-order valence-electron chi connectivity index (χ1n) is 5.78. The van der Waals surface area contributed by atoms with E-state index in [9.17, 15) is 9.59 Å². The van der Waals surface area contributed by atoms with Gasteiger partial charge < -0.3 is 10.5 Å². The van der Waals surface area contributed by atoms with Crippen LogP contribution in [0.15, 0.2) is 30.3 Å². The SMILES string of the molecule is COC(=O)Cc1nc(NC(=O)c2ccccc2)sc1N. The first-order chi connectivity index (χ1) is 9.60. The maximum Gasteiger partial charge on any atom is 0.311 e. The van der Waals surface area contributed by atoms with E-state index in [4.69, 9.17) is 5.73 Å². The number of carbonyl (C=O) groups is 2. The van der Waals surface area contributed by atoms with Gasteiger partial charge >= 0.3 is 5.97 Å². The Balaban J connectivity index is 2.09. The van der Waals surface area contributed by atoms with E-state index < -0.39 is 5.97 Å². The number of carbonyl (C=O) groups excluding carboxylic acids is 2. The number of hydrogen-bond acceptors (Lipinski definition) is 6. The van der Waals surface area contributed by atoms with Gasteiger partial charge in [0.25, 0.3) is 5.91 Å². The maximum absolute atomic E-state index is 11.9. The summed E-state index contributed by atoms with van der Waals surface area (Å²) in [6, 6.07) is 8.76. The number of aromatic nitrogens is 1. The Kier molecular flexibility index (Phi) is 4.31. The molecule has 6 nitrogen and oxygen atoms in total. The van der Waals surface area contributed by atoms with Gasteiger partial charge in [0, 0.05) is 5.56 Å². The van der Waals surface area contributed by atoms with Crippen LogP contribution in [-0.4, -0.2) is 24.0 Å². The van der Waals surface area contributed by atoms with E-state index in [0.717, 1.165) is 11.3 Å². The van der Waals surface area contributed by atoms with Crippen molar-refractivity contribution in [3.63, 3.8) is 0 Å². The second kappa shape index (κ2) is 6.16. The molecule has 104 valence electrons. The average Bonchev–Trinajstić information content (AvgIpc) is 2.79. The number of nitrogen functional groups attached to an aromatic ring is 1. The fourth-order valence-corrected chi connectivity index (χ4v) is 2.25. The maximum atomic E-state index is 11.9. The van der Waals surface area contributed by atoms with Crippen molar-refractivity contribution < 1.29 is 14.3 Å². The van der Waals surface area contributed by atoms with Crippen LogP contribution in [0.2, 0.25) is 0 Å². The zero-order valence-corrected chi connectivity index (χ0v) is 11.6. The minimum absolute atomic E-state index is 0.0138. The zero-order chi connectivity index (χ0) is 14.5. The van der Waals surface area contributed by atoms with E-state index in [0.29, 0.717) is 21.4 Å². The minimum Gasteiger partial charge on any atom is -0.469 e. The van der Waals surface area contributed by atoms with Crippen LogP contribution in [0.4, 0.5) is 10.1 Å². The van der Waals surface area contributed by atoms with Crippen LogP contribution in [0, 0.1) is 0 Å². The molecular formula is C13H13N3O3S. The van der Waals surface area contributed by atoms with Gasteiger partial charge in [-0.2, -0.15) is 0 Å². The van der Waals surface area contributed by atoms with Crippen molar-refractivity contribution in [3.05, 3.63) is 41.6 Å². The monoisotopic (exact) mass is 291 g/mol. The van der Waals surface area contributed by atoms with Crippen molar-refractivity contribution in [2.75, 3.05) is 18.2 Å². The molecule has 1 heterocycles. The second-order valence-corrected chi connectivity index (χ2v) is 4.93. The van der Waals surface area contributed by atoms with Gasteiger partial charge in [0.15, 0.2) is 5.13 Å². The number of esters is 1. The van der Waals surface area contributed by atoms with Gasteiger partial charge in [-0.25, -0.2) is 4.98 Å². The Hall–Kier alpha value is -2.41. The average molecular weight is 291 g/mol. The largest absolute Gasteiger partial charge is 0.469 e. The van der Waals surface area contributed by atoms with Crippen LogP contribution < -0.4 is 11.1 Å². The Bertz CT molecular complexity index is 625. The lowest BCUT2D eigenvalue weighted by atomic mass is 10.2. The third-order valence-electron chi connectivity index (χ3n) is 2.52. The van der Waals surface area contributed by atoms with Crippen molar-refractivity contribution in [1.29, 1.82) is 0 Å². The van der Waals surface area contributed by atoms with Gasteiger partial charge in [-0.15, -0.1) is 0 Å². The van der Waals surface area contributed by atoms with Gasteiger partial charge in [0.2, 0.25) is 0 Å². The third kappa shape index (κ3) is 3.33. The molecule has 0 radical (unpaired) electrons. The molecule has 0 saturated heterocycles. The summed E-state index contributed by atoms with van der Waals surface area (Å²) in [4.78, 5) is 27.2. The summed E-state index contributed by atoms with van der Waals surface area (Å²) in [5, 5.41) is 3.39. The van der Waals surface area contributed by atoms with Gasteiger partial charge in [-0.05, 0) is 12.1 Å². The molecule has 3 N–H and O–H groups in total. The van der Waals surface area contributed by atoms with E-state index in [-0.39, 0.29) is 12.3 Å². The smallest absolute Gasteiger partial charge is 0.311 e. The number of thiazole rings is 1. The van der Waals surface area contributed by atoms with Crippen molar-refractivity contribution in [2.45, 2.75) is 6.42 Å². The lowest BCUT2D eigenvalue weighted by Gasteiger charge is -2.00. The summed E-state index contributed by atoms with van der Waals surface area (Å²) in [6.45, 7) is 0. The molecule has 0 bridgehead atoms. The molecule has 0 aliphatic rings. The zero-order valence-electron chi connectivity index (χ0n) is 10.8. The van der Waals surface area contributed by atoms with Crippen molar-refractivity contribution in [1.82, 2.24) is 4.98 Å². The highest BCUT2D eigenvalue weighted by Crippen LogP contribution is 2.26. The molecule has 0 aliphatic carbocycles. The summed E-state index contributed by atoms with van der Waals surface area (Å²) in [5.74, 6) is -0.702. The molecule has 0 unspecified atom stereocenters. The quantitative estimate of drug-likeness (QED) is 0.836. The van der Waals surface area contributed by atoms with Crippen LogP contribution in [0.1, 0.15) is 16.1 Å². The highest BCUT2D eigenvalue weighted by Gasteiger charge is 2.15. The molecule has 7 heteroatoms. The van der Waals surface area contributed by atoms with Gasteiger partial charge in [0.05, 0.1) is 19.2 Å². The van der Waals surface area contributed by atoms with Crippen molar-refractivity contribution >= 4 is 33.3 Å². The number of benzene rings is 1. The fraction of sp³-hybridized carbons (Fsp3) is 0.154. The number of nitrogens with one attached hydrogen (secondary N) is 1. The molecule has 20 heavy (non-hydrogen) atoms. The number of anilines is 2. The summed E-state index contributed by atoms with van der Waals surface area (Å²) in [5.41, 5.74) is 6.69. The van der Waals surface area contributed by atoms with E-state index in [1.807, 2.05) is 6.07 Å². The van der Waals surface area contributed by atoms with Gasteiger partial charge in [0.1, 0.15) is 5.00 Å². The molecule has 0 aliphatic heterocycles. The topological polar surface area (TPSA) is 94.3 Å². The second-order valence-electron chi connectivity index (χ2n) is 3.90. The Morgan fingerprint density at radius 2 is 2.05 bits per heavy atom. The predicted molar refractivity (Wildman–Crippen MR) is 76.6 cm³/mol. The molecule has 1 aromatic carbocycles. The van der Waals surface area contributed by atoms with Crippen molar-refractivity contribution in [3.8, 4) is 0 Å². The number of ether oxygens (including phenoxy) is 1. The van der Waals surface area contributed by atoms with E-state index in [2.05, 4.69) is 15.0 Å². The van der Waals surface area contributed by atoms with E-state index >= 15 is 0 Å². The highest BCUT2D eigenvalue weighted by molar-refractivity contribution is 7.19. The molecule has 1 amide bonds. The van der Waals surface area contributed by atoms with Crippen molar-refractivity contribution in [2.24, 2.45) is 0 Å². The molecule has 0 atom stereocenters. The number of methoxy groups -OCH3 is 1. The Morgan fingerprint density at radius 1 is 1.35 bits per heavy atom. The molecule has 1 aromatic heterocycles. The number of rotatable bonds is 4. The summed E-state index contributed by atoms with van der Waals surface area (Å²) < 4.78 is 4.55. The fourth-order valence-electron chi connectivity index (χ4n) is 1.51. The Labute approximate surface area is 119 Å². The van der Waals surface area contributed by atoms with Crippen LogP contribution in [0.25, 0.3) is 0 Å². The molecule has 0 spiro atoms. The summed E-state index contributed by atoms with van der Waals surface area (Å²) in [6.07, 6.45) is -0.0138. The van der Waals surface area contributed by atoms with E-state index in [1.165, 1.54) is 7.11 Å². The number of nitrogens with zero attached hydrogens (tertiary/aromatic N) is 1. The molecule has 0 fully saturated rings. The highest BCUT2D eigenvalue weighted by atomic mass is 32.1. The Morgan fingerprint density at radius 3 is 2.70 bits per heavy atom. The molecule has 0 saturated carbocycles. The van der Waals surface area contributed by atoms with Crippen LogP contribution in [0.5, 0.6) is 0 Å². The normalized spacial score (nSPS) is 10.1. The lowest BCUT2D eigenvalue weighted by Crippen LogP contribution is -2.11. The lowest BCUT2D eigenvalue weighted by molar-refractivity contribution is -0.139. The molecular weight excluding hydrogens is 278 g/mol. The van der Waals surface area contributed by atoms with E-state index in [1.54, 1.807) is 24.3 Å². The number of hydrogen-bond donors (Lipinski definition) is 2. The minimum atomic E-state index is -0.428. The molecule has 2 aromatic rings. The number of amides is 1. The van der Waals surface area contributed by atoms with Gasteiger partial charge in [-0.1, -0.05) is 29.5 Å². The van der Waals surface area contributed by atoms with Gasteiger partial charge in [-0.3, -0.25) is 14.9 Å². The van der Waals surface area contributed by atoms with Crippen LogP contribution >= 0.6 is 11.3 Å². The van der Waals surface area contributed by atoms with Crippen LogP contribution in [-0.2, 0) is 16.0 Å². The molecule has 2 rings (SSSR count). The first kappa shape index (κ1) is 14.0. The number of nitrogens with two attached hydrogens (primary N) is 1. The summed E-state index contributed by atoms with van der Waals surface area (Å²) in [7, 11) is 1.29. The predicted octanol–water partition coefficient (Wildman–Crippen LogP) is 1.69.